The van der Waals surface area contributed by atoms with Gasteiger partial charge in [0, 0.05) is 5.56 Å². The number of methoxy groups -OCH3 is 1. The molecule has 1 amide bonds. The first-order valence-corrected chi connectivity index (χ1v) is 6.86. The summed E-state index contributed by atoms with van der Waals surface area (Å²) < 4.78 is 5.46. The van der Waals surface area contributed by atoms with Gasteiger partial charge in [-0.15, -0.1) is 0 Å². The van der Waals surface area contributed by atoms with Gasteiger partial charge in [-0.2, -0.15) is 0 Å². The van der Waals surface area contributed by atoms with Crippen LogP contribution in [0.15, 0.2) is 18.2 Å². The fraction of sp³-hybridized carbons (Fsp3) is 0.533. The van der Waals surface area contributed by atoms with E-state index in [-0.39, 0.29) is 5.91 Å². The van der Waals surface area contributed by atoms with Crippen molar-refractivity contribution in [2.75, 3.05) is 7.11 Å². The number of hydrazine groups is 1. The summed E-state index contributed by atoms with van der Waals surface area (Å²) in [7, 11) is 1.65. The highest BCUT2D eigenvalue weighted by Crippen LogP contribution is 2.45. The molecule has 1 aromatic rings. The number of rotatable bonds is 4. The number of hydrogen-bond donors (Lipinski definition) is 2. The molecule has 0 unspecified atom stereocenters. The van der Waals surface area contributed by atoms with Gasteiger partial charge in [-0.25, -0.2) is 5.84 Å². The summed E-state index contributed by atoms with van der Waals surface area (Å²) in [6, 6.07) is 6.10. The quantitative estimate of drug-likeness (QED) is 0.496. The first-order valence-electron chi connectivity index (χ1n) is 6.86. The molecule has 0 atom stereocenters. The molecular formula is C15H22N2O2. The van der Waals surface area contributed by atoms with Crippen molar-refractivity contribution in [3.63, 3.8) is 0 Å². The minimum atomic E-state index is -0.523. The van der Waals surface area contributed by atoms with Gasteiger partial charge >= 0.3 is 0 Å². The SMILES string of the molecule is CCc1ccc(OC)c(C2(C(=O)NN)CCCC2)c1. The van der Waals surface area contributed by atoms with Crippen LogP contribution >= 0.6 is 0 Å². The zero-order valence-electron chi connectivity index (χ0n) is 11.7. The molecule has 1 saturated carbocycles. The fourth-order valence-corrected chi connectivity index (χ4v) is 3.08. The van der Waals surface area contributed by atoms with E-state index in [1.807, 2.05) is 12.1 Å². The monoisotopic (exact) mass is 262 g/mol. The van der Waals surface area contributed by atoms with Crippen molar-refractivity contribution in [3.05, 3.63) is 29.3 Å². The zero-order valence-corrected chi connectivity index (χ0v) is 11.7. The van der Waals surface area contributed by atoms with Gasteiger partial charge in [-0.3, -0.25) is 10.2 Å². The number of aryl methyl sites for hydroxylation is 1. The molecule has 1 aliphatic carbocycles. The summed E-state index contributed by atoms with van der Waals surface area (Å²) in [5.74, 6) is 6.08. The van der Waals surface area contributed by atoms with Gasteiger partial charge in [0.25, 0.3) is 0 Å². The zero-order chi connectivity index (χ0) is 13.9. The van der Waals surface area contributed by atoms with Gasteiger partial charge in [0.1, 0.15) is 5.75 Å². The van der Waals surface area contributed by atoms with Gasteiger partial charge in [0.05, 0.1) is 12.5 Å². The van der Waals surface area contributed by atoms with Crippen LogP contribution in [0.2, 0.25) is 0 Å². The first kappa shape index (κ1) is 13.9. The van der Waals surface area contributed by atoms with Crippen LogP contribution in [0.25, 0.3) is 0 Å². The molecule has 0 bridgehead atoms. The molecule has 0 saturated heterocycles. The lowest BCUT2D eigenvalue weighted by molar-refractivity contribution is -0.126. The normalized spacial score (nSPS) is 17.2. The molecule has 0 aromatic heterocycles. The molecule has 1 aliphatic rings. The summed E-state index contributed by atoms with van der Waals surface area (Å²) in [4.78, 5) is 12.3. The average molecular weight is 262 g/mol. The van der Waals surface area contributed by atoms with E-state index in [4.69, 9.17) is 10.6 Å². The average Bonchev–Trinajstić information content (AvgIpc) is 2.96. The first-order chi connectivity index (χ1) is 9.17. The number of benzene rings is 1. The number of carbonyl (C=O) groups is 1. The van der Waals surface area contributed by atoms with E-state index < -0.39 is 5.41 Å². The van der Waals surface area contributed by atoms with E-state index >= 15 is 0 Å². The molecule has 4 heteroatoms. The number of amides is 1. The molecule has 2 rings (SSSR count). The molecule has 0 radical (unpaired) electrons. The van der Waals surface area contributed by atoms with Crippen molar-refractivity contribution < 1.29 is 9.53 Å². The van der Waals surface area contributed by atoms with E-state index in [1.165, 1.54) is 5.56 Å². The van der Waals surface area contributed by atoms with Crippen molar-refractivity contribution >= 4 is 5.91 Å². The van der Waals surface area contributed by atoms with Gasteiger partial charge < -0.3 is 4.74 Å². The third kappa shape index (κ3) is 2.32. The Morgan fingerprint density at radius 2 is 2.11 bits per heavy atom. The highest BCUT2D eigenvalue weighted by atomic mass is 16.5. The molecule has 0 spiro atoms. The smallest absolute Gasteiger partial charge is 0.244 e. The van der Waals surface area contributed by atoms with Gasteiger partial charge in [0.15, 0.2) is 0 Å². The molecule has 4 nitrogen and oxygen atoms in total. The lowest BCUT2D eigenvalue weighted by atomic mass is 9.77. The van der Waals surface area contributed by atoms with Crippen LogP contribution in [0, 0.1) is 0 Å². The van der Waals surface area contributed by atoms with Crippen molar-refractivity contribution in [1.29, 1.82) is 0 Å². The second-order valence-electron chi connectivity index (χ2n) is 5.15. The van der Waals surface area contributed by atoms with E-state index in [1.54, 1.807) is 7.11 Å². The number of nitrogens with two attached hydrogens (primary N) is 1. The highest BCUT2D eigenvalue weighted by Gasteiger charge is 2.44. The summed E-state index contributed by atoms with van der Waals surface area (Å²) in [5.41, 5.74) is 4.01. The maximum atomic E-state index is 12.3. The van der Waals surface area contributed by atoms with Crippen LogP contribution in [0.1, 0.15) is 43.7 Å². The summed E-state index contributed by atoms with van der Waals surface area (Å²) in [6.07, 6.45) is 4.70. The molecule has 1 aromatic carbocycles. The van der Waals surface area contributed by atoms with Crippen molar-refractivity contribution in [3.8, 4) is 5.75 Å². The Morgan fingerprint density at radius 3 is 2.63 bits per heavy atom. The van der Waals surface area contributed by atoms with E-state index in [2.05, 4.69) is 18.4 Å². The molecule has 1 fully saturated rings. The maximum absolute atomic E-state index is 12.3. The van der Waals surface area contributed by atoms with Crippen LogP contribution in [-0.4, -0.2) is 13.0 Å². The van der Waals surface area contributed by atoms with Crippen LogP contribution in [0.4, 0.5) is 0 Å². The fourth-order valence-electron chi connectivity index (χ4n) is 3.08. The lowest BCUT2D eigenvalue weighted by Crippen LogP contribution is -2.46. The number of ether oxygens (including phenoxy) is 1. The third-order valence-corrected chi connectivity index (χ3v) is 4.21. The van der Waals surface area contributed by atoms with Crippen molar-refractivity contribution in [2.24, 2.45) is 5.84 Å². The van der Waals surface area contributed by atoms with E-state index in [0.29, 0.717) is 0 Å². The predicted molar refractivity (Wildman–Crippen MR) is 74.8 cm³/mol. The molecule has 0 aliphatic heterocycles. The maximum Gasteiger partial charge on any atom is 0.244 e. The molecule has 104 valence electrons. The Hall–Kier alpha value is -1.55. The van der Waals surface area contributed by atoms with Crippen LogP contribution in [-0.2, 0) is 16.6 Å². The van der Waals surface area contributed by atoms with Gasteiger partial charge in [0.2, 0.25) is 5.91 Å². The van der Waals surface area contributed by atoms with Crippen LogP contribution in [0.3, 0.4) is 0 Å². The second-order valence-corrected chi connectivity index (χ2v) is 5.15. The molecular weight excluding hydrogens is 240 g/mol. The summed E-state index contributed by atoms with van der Waals surface area (Å²) >= 11 is 0. The summed E-state index contributed by atoms with van der Waals surface area (Å²) in [6.45, 7) is 2.11. The Morgan fingerprint density at radius 1 is 1.42 bits per heavy atom. The minimum absolute atomic E-state index is 0.100. The van der Waals surface area contributed by atoms with Crippen LogP contribution in [0.5, 0.6) is 5.75 Å². The highest BCUT2D eigenvalue weighted by molar-refractivity contribution is 5.89. The lowest BCUT2D eigenvalue weighted by Gasteiger charge is -2.29. The van der Waals surface area contributed by atoms with Crippen LogP contribution < -0.4 is 16.0 Å². The van der Waals surface area contributed by atoms with Crippen molar-refractivity contribution in [1.82, 2.24) is 5.43 Å². The Kier molecular flexibility index (Phi) is 4.10. The van der Waals surface area contributed by atoms with Gasteiger partial charge in [-0.05, 0) is 30.9 Å². The topological polar surface area (TPSA) is 64.3 Å². The molecule has 3 N–H and O–H groups in total. The van der Waals surface area contributed by atoms with E-state index in [9.17, 15) is 4.79 Å². The Balaban J connectivity index is 2.55. The standard InChI is InChI=1S/C15H22N2O2/c1-3-11-6-7-13(19-2)12(10-11)15(14(18)17-16)8-4-5-9-15/h6-7,10H,3-5,8-9,16H2,1-2H3,(H,17,18). The summed E-state index contributed by atoms with van der Waals surface area (Å²) in [5, 5.41) is 0. The largest absolute Gasteiger partial charge is 0.496 e. The number of nitrogens with one attached hydrogen (secondary N) is 1. The Bertz CT molecular complexity index is 465. The van der Waals surface area contributed by atoms with Gasteiger partial charge in [-0.1, -0.05) is 31.9 Å². The minimum Gasteiger partial charge on any atom is -0.496 e. The molecule has 0 heterocycles. The predicted octanol–water partition coefficient (Wildman–Crippen LogP) is 2.06. The third-order valence-electron chi connectivity index (χ3n) is 4.21. The van der Waals surface area contributed by atoms with E-state index in [0.717, 1.165) is 43.4 Å². The van der Waals surface area contributed by atoms with Crippen molar-refractivity contribution in [2.45, 2.75) is 44.4 Å². The number of hydrogen-bond acceptors (Lipinski definition) is 3. The molecule has 19 heavy (non-hydrogen) atoms. The Labute approximate surface area is 114 Å². The second kappa shape index (κ2) is 5.61. The number of carbonyl (C=O) groups excluding carboxylic acids is 1.